The minimum atomic E-state index is -1.19. The summed E-state index contributed by atoms with van der Waals surface area (Å²) in [6.07, 6.45) is 2.45. The third-order valence-electron chi connectivity index (χ3n) is 8.03. The van der Waals surface area contributed by atoms with Crippen molar-refractivity contribution in [2.24, 2.45) is 0 Å². The van der Waals surface area contributed by atoms with Crippen molar-refractivity contribution in [2.45, 2.75) is 25.0 Å². The van der Waals surface area contributed by atoms with Crippen LogP contribution in [0.25, 0.3) is 6.08 Å². The highest BCUT2D eigenvalue weighted by Gasteiger charge is 2.28. The van der Waals surface area contributed by atoms with Crippen LogP contribution in [0.3, 0.4) is 0 Å². The van der Waals surface area contributed by atoms with E-state index in [9.17, 15) is 14.7 Å². The first-order chi connectivity index (χ1) is 23.7. The van der Waals surface area contributed by atoms with Gasteiger partial charge in [-0.05, 0) is 66.4 Å². The highest BCUT2D eigenvalue weighted by molar-refractivity contribution is 6.37. The number of carbonyl (C=O) groups excluding carboxylic acids is 2. The number of nitrogens with one attached hydrogen (secondary N) is 1. The fraction of sp³-hybridized carbons (Fsp3) is 0.243. The largest absolute Gasteiger partial charge is 0.493 e. The first-order valence-corrected chi connectivity index (χ1v) is 16.5. The van der Waals surface area contributed by atoms with Crippen molar-refractivity contribution in [1.82, 2.24) is 10.2 Å². The van der Waals surface area contributed by atoms with Gasteiger partial charge in [-0.1, -0.05) is 77.3 Å². The van der Waals surface area contributed by atoms with Crippen molar-refractivity contribution in [3.05, 3.63) is 122 Å². The van der Waals surface area contributed by atoms with Crippen LogP contribution in [0.15, 0.2) is 84.9 Å². The van der Waals surface area contributed by atoms with Crippen LogP contribution in [-0.2, 0) is 17.6 Å². The van der Waals surface area contributed by atoms with E-state index in [0.717, 1.165) is 11.1 Å². The van der Waals surface area contributed by atoms with Crippen LogP contribution in [0.2, 0.25) is 15.1 Å². The number of amides is 2. The molecule has 0 saturated carbocycles. The number of hydrogen-bond donors (Lipinski definition) is 2. The number of nitrogens with zero attached hydrogens (tertiary/aromatic N) is 1. The summed E-state index contributed by atoms with van der Waals surface area (Å²) in [6, 6.07) is 22.4. The van der Waals surface area contributed by atoms with Gasteiger partial charge in [-0.2, -0.15) is 0 Å². The van der Waals surface area contributed by atoms with Gasteiger partial charge in [-0.3, -0.25) is 9.59 Å². The quantitative estimate of drug-likeness (QED) is 0.137. The van der Waals surface area contributed by atoms with E-state index in [4.69, 9.17) is 53.8 Å². The van der Waals surface area contributed by atoms with Crippen molar-refractivity contribution in [2.75, 3.05) is 34.1 Å². The molecule has 1 aliphatic heterocycles. The van der Waals surface area contributed by atoms with Crippen LogP contribution in [0, 0.1) is 0 Å². The molecular weight excluding hydrogens is 691 g/mol. The van der Waals surface area contributed by atoms with Crippen molar-refractivity contribution in [3.8, 4) is 23.0 Å². The van der Waals surface area contributed by atoms with Gasteiger partial charge in [0.15, 0.2) is 23.0 Å². The molecule has 49 heavy (non-hydrogen) atoms. The number of halogens is 3. The maximum Gasteiger partial charge on any atom is 0.253 e. The van der Waals surface area contributed by atoms with Gasteiger partial charge in [0.25, 0.3) is 5.91 Å². The lowest BCUT2D eigenvalue weighted by Crippen LogP contribution is -2.50. The molecule has 0 fully saturated rings. The third-order valence-corrected chi connectivity index (χ3v) is 9.06. The van der Waals surface area contributed by atoms with Gasteiger partial charge in [0, 0.05) is 34.8 Å². The molecular formula is C37H35Cl3N2O7. The van der Waals surface area contributed by atoms with E-state index >= 15 is 0 Å². The Kier molecular flexibility index (Phi) is 12.3. The van der Waals surface area contributed by atoms with Crippen molar-refractivity contribution in [1.29, 1.82) is 0 Å². The lowest BCUT2D eigenvalue weighted by molar-refractivity contribution is -0.127. The summed E-state index contributed by atoms with van der Waals surface area (Å²) >= 11 is 19.2. The summed E-state index contributed by atoms with van der Waals surface area (Å²) in [6.45, 7) is 0.277. The van der Waals surface area contributed by atoms with Crippen LogP contribution in [0.1, 0.15) is 27.0 Å². The predicted molar refractivity (Wildman–Crippen MR) is 190 cm³/mol. The Hall–Kier alpha value is -4.41. The number of aliphatic hydroxyl groups excluding tert-OH is 1. The molecule has 5 rings (SSSR count). The smallest absolute Gasteiger partial charge is 0.253 e. The maximum absolute atomic E-state index is 13.7. The molecule has 0 spiro atoms. The minimum absolute atomic E-state index is 0.0659. The highest BCUT2D eigenvalue weighted by Crippen LogP contribution is 2.37. The molecule has 9 nitrogen and oxygen atoms in total. The summed E-state index contributed by atoms with van der Waals surface area (Å²) in [5.41, 5.74) is 2.42. The fourth-order valence-corrected chi connectivity index (χ4v) is 6.24. The molecule has 0 radical (unpaired) electrons. The Bertz CT molecular complexity index is 1800. The fourth-order valence-electron chi connectivity index (χ4n) is 5.40. The summed E-state index contributed by atoms with van der Waals surface area (Å²) in [5.74, 6) is 0.945. The number of ether oxygens (including phenoxy) is 4. The monoisotopic (exact) mass is 724 g/mol. The zero-order valence-electron chi connectivity index (χ0n) is 26.8. The van der Waals surface area contributed by atoms with Gasteiger partial charge in [-0.25, -0.2) is 0 Å². The van der Waals surface area contributed by atoms with Gasteiger partial charge in [0.05, 0.1) is 37.0 Å². The maximum atomic E-state index is 13.7. The molecule has 4 aromatic rings. The Morgan fingerprint density at radius 1 is 0.918 bits per heavy atom. The summed E-state index contributed by atoms with van der Waals surface area (Å²) in [7, 11) is 2.90. The molecule has 2 N–H and O–H groups in total. The van der Waals surface area contributed by atoms with Gasteiger partial charge in [0.1, 0.15) is 0 Å². The molecule has 1 aliphatic rings. The predicted octanol–water partition coefficient (Wildman–Crippen LogP) is 6.88. The molecule has 0 aliphatic carbocycles. The molecule has 0 saturated heterocycles. The van der Waals surface area contributed by atoms with E-state index in [-0.39, 0.29) is 48.5 Å². The van der Waals surface area contributed by atoms with E-state index in [2.05, 4.69) is 5.32 Å². The second-order valence-corrected chi connectivity index (χ2v) is 12.4. The Labute approximate surface area is 299 Å². The molecule has 0 bridgehead atoms. The zero-order valence-corrected chi connectivity index (χ0v) is 29.1. The molecule has 2 amide bonds. The first-order valence-electron chi connectivity index (χ1n) is 15.4. The van der Waals surface area contributed by atoms with Crippen molar-refractivity contribution in [3.63, 3.8) is 0 Å². The van der Waals surface area contributed by atoms with Gasteiger partial charge in [-0.15, -0.1) is 0 Å². The summed E-state index contributed by atoms with van der Waals surface area (Å²) in [4.78, 5) is 28.9. The lowest BCUT2D eigenvalue weighted by Gasteiger charge is -2.30. The van der Waals surface area contributed by atoms with E-state index in [1.807, 2.05) is 48.5 Å². The van der Waals surface area contributed by atoms with E-state index in [1.54, 1.807) is 30.3 Å². The standard InChI is InChI=1S/C37H35Cl3N2O7/c1-46-32-15-12-26(35(40)36(32)47-2)37(45)41-29(19-23-7-4-3-5-8-23)30(43)21-42(18-17-24-11-14-31-33(20-24)49-22-48-31)34(44)16-13-25-27(38)9-6-10-28(25)39/h3-16,20,29-30,43H,17-19,21-22H2,1-2H3,(H,41,45)/t29-,30-/m0/s1. The van der Waals surface area contributed by atoms with Crippen LogP contribution >= 0.6 is 34.8 Å². The molecule has 256 valence electrons. The Morgan fingerprint density at radius 3 is 2.37 bits per heavy atom. The second kappa shape index (κ2) is 16.8. The minimum Gasteiger partial charge on any atom is -0.493 e. The molecule has 0 aromatic heterocycles. The van der Waals surface area contributed by atoms with Gasteiger partial charge in [0.2, 0.25) is 12.7 Å². The Balaban J connectivity index is 1.41. The van der Waals surface area contributed by atoms with Crippen LogP contribution < -0.4 is 24.3 Å². The van der Waals surface area contributed by atoms with Crippen molar-refractivity contribution >= 4 is 52.7 Å². The number of carbonyl (C=O) groups is 2. The van der Waals surface area contributed by atoms with Crippen LogP contribution in [0.4, 0.5) is 0 Å². The normalized spacial score (nSPS) is 13.2. The number of rotatable bonds is 14. The average Bonchev–Trinajstić information content (AvgIpc) is 3.57. The average molecular weight is 726 g/mol. The number of benzene rings is 4. The molecule has 12 heteroatoms. The number of hydrogen-bond acceptors (Lipinski definition) is 7. The van der Waals surface area contributed by atoms with Crippen LogP contribution in [-0.4, -0.2) is 68.1 Å². The molecule has 4 aromatic carbocycles. The van der Waals surface area contributed by atoms with E-state index in [1.165, 1.54) is 31.3 Å². The number of aliphatic hydroxyl groups is 1. The zero-order chi connectivity index (χ0) is 34.9. The SMILES string of the molecule is COc1ccc(C(=O)N[C@@H](Cc2ccccc2)[C@@H](O)CN(CCc2ccc3c(c2)OCO3)C(=O)C=Cc2c(Cl)cccc2Cl)c(Cl)c1OC. The number of fused-ring (bicyclic) bond motifs is 1. The highest BCUT2D eigenvalue weighted by atomic mass is 35.5. The number of methoxy groups -OCH3 is 2. The van der Waals surface area contributed by atoms with E-state index < -0.39 is 18.1 Å². The summed E-state index contributed by atoms with van der Waals surface area (Å²) in [5, 5.41) is 15.5. The van der Waals surface area contributed by atoms with Gasteiger partial charge >= 0.3 is 0 Å². The van der Waals surface area contributed by atoms with Crippen molar-refractivity contribution < 1.29 is 33.6 Å². The first kappa shape index (κ1) is 35.9. The Morgan fingerprint density at radius 2 is 1.65 bits per heavy atom. The lowest BCUT2D eigenvalue weighted by atomic mass is 9.99. The van der Waals surface area contributed by atoms with E-state index in [0.29, 0.717) is 39.3 Å². The third kappa shape index (κ3) is 8.99. The molecule has 0 unspecified atom stereocenters. The molecule has 1 heterocycles. The topological polar surface area (TPSA) is 107 Å². The van der Waals surface area contributed by atoms with Crippen LogP contribution in [0.5, 0.6) is 23.0 Å². The summed E-state index contributed by atoms with van der Waals surface area (Å²) < 4.78 is 21.6. The molecule has 2 atom stereocenters. The second-order valence-electron chi connectivity index (χ2n) is 11.2. The van der Waals surface area contributed by atoms with Gasteiger partial charge < -0.3 is 34.3 Å².